The molecule has 0 spiro atoms. The van der Waals surface area contributed by atoms with Gasteiger partial charge in [0.05, 0.1) is 16.4 Å². The lowest BCUT2D eigenvalue weighted by molar-refractivity contribution is -0.384. The van der Waals surface area contributed by atoms with Crippen molar-refractivity contribution in [2.75, 3.05) is 0 Å². The maximum atomic E-state index is 11.9. The van der Waals surface area contributed by atoms with Crippen LogP contribution in [0, 0.1) is 10.1 Å². The van der Waals surface area contributed by atoms with E-state index >= 15 is 0 Å². The first-order valence-electron chi connectivity index (χ1n) is 5.21. The van der Waals surface area contributed by atoms with Crippen molar-refractivity contribution in [2.45, 2.75) is 11.4 Å². The highest BCUT2D eigenvalue weighted by molar-refractivity contribution is 7.89. The van der Waals surface area contributed by atoms with Crippen molar-refractivity contribution in [3.63, 3.8) is 0 Å². The number of hydrogen-bond donors (Lipinski definition) is 2. The summed E-state index contributed by atoms with van der Waals surface area (Å²) in [5, 5.41) is 10.5. The first-order valence-corrected chi connectivity index (χ1v) is 6.70. The summed E-state index contributed by atoms with van der Waals surface area (Å²) in [5.74, 6) is 0.477. The van der Waals surface area contributed by atoms with Crippen LogP contribution in [0.1, 0.15) is 5.82 Å². The Morgan fingerprint density at radius 2 is 2.00 bits per heavy atom. The van der Waals surface area contributed by atoms with Crippen LogP contribution in [0.5, 0.6) is 0 Å². The Morgan fingerprint density at radius 1 is 1.32 bits per heavy atom. The predicted octanol–water partition coefficient (Wildman–Crippen LogP) is 0.796. The molecule has 19 heavy (non-hydrogen) atoms. The van der Waals surface area contributed by atoms with E-state index in [-0.39, 0.29) is 17.1 Å². The normalized spacial score (nSPS) is 11.4. The maximum absolute atomic E-state index is 11.9. The van der Waals surface area contributed by atoms with Gasteiger partial charge in [-0.1, -0.05) is 0 Å². The third kappa shape index (κ3) is 3.14. The molecule has 0 aliphatic heterocycles. The van der Waals surface area contributed by atoms with Crippen molar-refractivity contribution in [1.29, 1.82) is 0 Å². The van der Waals surface area contributed by atoms with Crippen LogP contribution in [0.15, 0.2) is 41.6 Å². The molecule has 2 aromatic rings. The third-order valence-electron chi connectivity index (χ3n) is 2.34. The highest BCUT2D eigenvalue weighted by Gasteiger charge is 2.15. The van der Waals surface area contributed by atoms with Crippen LogP contribution in [0.25, 0.3) is 0 Å². The molecule has 1 heterocycles. The topological polar surface area (TPSA) is 118 Å². The van der Waals surface area contributed by atoms with Gasteiger partial charge in [-0.2, -0.15) is 0 Å². The number of H-pyrrole nitrogens is 1. The summed E-state index contributed by atoms with van der Waals surface area (Å²) in [7, 11) is -3.71. The molecule has 1 aromatic heterocycles. The van der Waals surface area contributed by atoms with E-state index in [9.17, 15) is 18.5 Å². The van der Waals surface area contributed by atoms with Gasteiger partial charge in [-0.05, 0) is 12.1 Å². The standard InChI is InChI=1S/C10H10N4O4S/c15-14(16)8-1-3-9(4-2-8)19(17,18)13-7-10-11-5-6-12-10/h1-6,13H,7H2,(H,11,12). The Morgan fingerprint density at radius 3 is 2.53 bits per heavy atom. The van der Waals surface area contributed by atoms with Gasteiger partial charge in [0.25, 0.3) is 5.69 Å². The van der Waals surface area contributed by atoms with E-state index in [0.29, 0.717) is 5.82 Å². The monoisotopic (exact) mass is 282 g/mol. The number of aromatic amines is 1. The Hall–Kier alpha value is -2.26. The van der Waals surface area contributed by atoms with E-state index in [4.69, 9.17) is 0 Å². The van der Waals surface area contributed by atoms with Gasteiger partial charge < -0.3 is 4.98 Å². The van der Waals surface area contributed by atoms with Crippen LogP contribution in [-0.4, -0.2) is 23.3 Å². The second-order valence-corrected chi connectivity index (χ2v) is 5.38. The van der Waals surface area contributed by atoms with E-state index in [0.717, 1.165) is 12.1 Å². The first-order chi connectivity index (χ1) is 8.99. The third-order valence-corrected chi connectivity index (χ3v) is 3.76. The van der Waals surface area contributed by atoms with E-state index in [2.05, 4.69) is 14.7 Å². The van der Waals surface area contributed by atoms with Crippen LogP contribution in [0.2, 0.25) is 0 Å². The lowest BCUT2D eigenvalue weighted by Crippen LogP contribution is -2.23. The number of imidazole rings is 1. The van der Waals surface area contributed by atoms with Gasteiger partial charge >= 0.3 is 0 Å². The SMILES string of the molecule is O=[N+]([O-])c1ccc(S(=O)(=O)NCc2ncc[nH]2)cc1. The fourth-order valence-electron chi connectivity index (χ4n) is 1.39. The fourth-order valence-corrected chi connectivity index (χ4v) is 2.38. The molecule has 0 amide bonds. The summed E-state index contributed by atoms with van der Waals surface area (Å²) in [6.07, 6.45) is 3.09. The average molecular weight is 282 g/mol. The van der Waals surface area contributed by atoms with Crippen molar-refractivity contribution >= 4 is 15.7 Å². The quantitative estimate of drug-likeness (QED) is 0.621. The van der Waals surface area contributed by atoms with Crippen molar-refractivity contribution in [3.8, 4) is 0 Å². The zero-order valence-electron chi connectivity index (χ0n) is 9.61. The van der Waals surface area contributed by atoms with Crippen LogP contribution in [0.4, 0.5) is 5.69 Å². The number of sulfonamides is 1. The summed E-state index contributed by atoms with van der Waals surface area (Å²) in [5.41, 5.74) is -0.162. The summed E-state index contributed by atoms with van der Waals surface area (Å²) in [6.45, 7) is 0.0202. The van der Waals surface area contributed by atoms with E-state index in [1.165, 1.54) is 18.3 Å². The number of benzene rings is 1. The van der Waals surface area contributed by atoms with Crippen LogP contribution in [0.3, 0.4) is 0 Å². The van der Waals surface area contributed by atoms with Gasteiger partial charge in [0.2, 0.25) is 10.0 Å². The molecule has 0 saturated heterocycles. The number of non-ortho nitro benzene ring substituents is 1. The Balaban J connectivity index is 2.13. The number of hydrogen-bond acceptors (Lipinski definition) is 5. The van der Waals surface area contributed by atoms with Gasteiger partial charge in [0, 0.05) is 24.5 Å². The second kappa shape index (κ2) is 5.16. The average Bonchev–Trinajstić information content (AvgIpc) is 2.90. The van der Waals surface area contributed by atoms with Gasteiger partial charge in [0.15, 0.2) is 0 Å². The molecule has 1 aromatic carbocycles. The Labute approximate surface area is 108 Å². The van der Waals surface area contributed by atoms with Crippen molar-refractivity contribution < 1.29 is 13.3 Å². The molecule has 0 saturated carbocycles. The summed E-state index contributed by atoms with van der Waals surface area (Å²) < 4.78 is 26.1. The zero-order valence-corrected chi connectivity index (χ0v) is 10.4. The molecule has 2 N–H and O–H groups in total. The summed E-state index contributed by atoms with van der Waals surface area (Å²) >= 11 is 0. The van der Waals surface area contributed by atoms with E-state index < -0.39 is 14.9 Å². The molecule has 100 valence electrons. The molecule has 0 aliphatic rings. The predicted molar refractivity (Wildman–Crippen MR) is 65.7 cm³/mol. The summed E-state index contributed by atoms with van der Waals surface area (Å²) in [4.78, 5) is 16.5. The Bertz CT molecular complexity index is 664. The summed E-state index contributed by atoms with van der Waals surface area (Å²) in [6, 6.07) is 4.65. The highest BCUT2D eigenvalue weighted by atomic mass is 32.2. The molecule has 0 bridgehead atoms. The van der Waals surface area contributed by atoms with Gasteiger partial charge in [-0.25, -0.2) is 18.1 Å². The molecule has 0 atom stereocenters. The van der Waals surface area contributed by atoms with Crippen molar-refractivity contribution in [3.05, 3.63) is 52.6 Å². The number of aromatic nitrogens is 2. The van der Waals surface area contributed by atoms with E-state index in [1.807, 2.05) is 0 Å². The van der Waals surface area contributed by atoms with Crippen LogP contribution >= 0.6 is 0 Å². The lowest BCUT2D eigenvalue weighted by Gasteiger charge is -2.04. The smallest absolute Gasteiger partial charge is 0.269 e. The molecule has 0 unspecified atom stereocenters. The number of nitrogens with one attached hydrogen (secondary N) is 2. The maximum Gasteiger partial charge on any atom is 0.269 e. The second-order valence-electron chi connectivity index (χ2n) is 3.61. The zero-order chi connectivity index (χ0) is 13.9. The van der Waals surface area contributed by atoms with Gasteiger partial charge in [0.1, 0.15) is 5.82 Å². The number of nitro benzene ring substituents is 1. The molecule has 8 nitrogen and oxygen atoms in total. The number of nitrogens with zero attached hydrogens (tertiary/aromatic N) is 2. The van der Waals surface area contributed by atoms with Crippen LogP contribution < -0.4 is 4.72 Å². The molecule has 0 radical (unpaired) electrons. The van der Waals surface area contributed by atoms with Crippen molar-refractivity contribution in [2.24, 2.45) is 0 Å². The van der Waals surface area contributed by atoms with Gasteiger partial charge in [-0.3, -0.25) is 10.1 Å². The largest absolute Gasteiger partial charge is 0.347 e. The molecule has 0 aliphatic carbocycles. The first kappa shape index (κ1) is 13.2. The van der Waals surface area contributed by atoms with E-state index in [1.54, 1.807) is 6.20 Å². The van der Waals surface area contributed by atoms with Crippen molar-refractivity contribution in [1.82, 2.24) is 14.7 Å². The molecular formula is C10H10N4O4S. The molecule has 2 rings (SSSR count). The number of nitro groups is 1. The lowest BCUT2D eigenvalue weighted by atomic mass is 10.3. The van der Waals surface area contributed by atoms with Gasteiger partial charge in [-0.15, -0.1) is 0 Å². The Kier molecular flexibility index (Phi) is 3.58. The minimum atomic E-state index is -3.71. The fraction of sp³-hybridized carbons (Fsp3) is 0.100. The molecule has 0 fully saturated rings. The molecular weight excluding hydrogens is 272 g/mol. The van der Waals surface area contributed by atoms with Crippen LogP contribution in [-0.2, 0) is 16.6 Å². The minimum absolute atomic E-state index is 0.0202. The highest BCUT2D eigenvalue weighted by Crippen LogP contribution is 2.15. The molecule has 9 heteroatoms. The number of rotatable bonds is 5. The minimum Gasteiger partial charge on any atom is -0.347 e.